The molecule has 2 amide bonds. The maximum absolute atomic E-state index is 13.3. The van der Waals surface area contributed by atoms with E-state index in [1.54, 1.807) is 30.2 Å². The fourth-order valence-electron chi connectivity index (χ4n) is 2.85. The molecule has 0 spiro atoms. The van der Waals surface area contributed by atoms with Gasteiger partial charge < -0.3 is 15.0 Å². The molecule has 132 valence electrons. The third kappa shape index (κ3) is 4.43. The Hall–Kier alpha value is -2.25. The highest BCUT2D eigenvalue weighted by Gasteiger charge is 2.31. The van der Waals surface area contributed by atoms with E-state index in [-0.39, 0.29) is 30.1 Å². The summed E-state index contributed by atoms with van der Waals surface area (Å²) in [7, 11) is 1.61. The van der Waals surface area contributed by atoms with Crippen LogP contribution in [0.5, 0.6) is 0 Å². The molecule has 5 nitrogen and oxygen atoms in total. The molecule has 1 aromatic carbocycles. The van der Waals surface area contributed by atoms with Crippen molar-refractivity contribution in [3.63, 3.8) is 0 Å². The summed E-state index contributed by atoms with van der Waals surface area (Å²) in [6.45, 7) is 1.25. The summed E-state index contributed by atoms with van der Waals surface area (Å²) < 4.78 is 18.3. The number of thiophene rings is 1. The first-order valence-corrected chi connectivity index (χ1v) is 8.77. The summed E-state index contributed by atoms with van der Waals surface area (Å²) in [5.41, 5.74) is 0.739. The maximum atomic E-state index is 13.3. The zero-order valence-corrected chi connectivity index (χ0v) is 14.6. The Morgan fingerprint density at radius 3 is 3.00 bits per heavy atom. The van der Waals surface area contributed by atoms with E-state index in [9.17, 15) is 14.0 Å². The Morgan fingerprint density at radius 1 is 1.40 bits per heavy atom. The Balaban J connectivity index is 1.57. The Labute approximate surface area is 149 Å². The lowest BCUT2D eigenvalue weighted by molar-refractivity contribution is -0.128. The average Bonchev–Trinajstić information content (AvgIpc) is 3.15. The van der Waals surface area contributed by atoms with Crippen LogP contribution in [0.15, 0.2) is 36.4 Å². The fourth-order valence-corrected chi connectivity index (χ4v) is 3.74. The number of carbonyl (C=O) groups is 2. The lowest BCUT2D eigenvalue weighted by Gasteiger charge is -2.17. The minimum atomic E-state index is -0.321. The van der Waals surface area contributed by atoms with Gasteiger partial charge in [-0.25, -0.2) is 4.39 Å². The lowest BCUT2D eigenvalue weighted by atomic mass is 10.2. The van der Waals surface area contributed by atoms with Gasteiger partial charge in [0.05, 0.1) is 17.5 Å². The summed E-state index contributed by atoms with van der Waals surface area (Å²) in [5, 5.41) is 2.90. The number of benzene rings is 1. The van der Waals surface area contributed by atoms with Gasteiger partial charge in [0.2, 0.25) is 5.91 Å². The van der Waals surface area contributed by atoms with E-state index in [4.69, 9.17) is 4.74 Å². The van der Waals surface area contributed by atoms with Crippen molar-refractivity contribution in [1.82, 2.24) is 10.2 Å². The van der Waals surface area contributed by atoms with Crippen LogP contribution < -0.4 is 5.32 Å². The van der Waals surface area contributed by atoms with Crippen molar-refractivity contribution in [3.8, 4) is 0 Å². The van der Waals surface area contributed by atoms with Gasteiger partial charge in [-0.2, -0.15) is 0 Å². The molecule has 0 radical (unpaired) electrons. The van der Waals surface area contributed by atoms with Crippen molar-refractivity contribution in [2.75, 3.05) is 13.7 Å². The Morgan fingerprint density at radius 2 is 2.24 bits per heavy atom. The van der Waals surface area contributed by atoms with Gasteiger partial charge in [-0.05, 0) is 29.8 Å². The minimum absolute atomic E-state index is 0.0409. The van der Waals surface area contributed by atoms with Crippen molar-refractivity contribution < 1.29 is 18.7 Å². The largest absolute Gasteiger partial charge is 0.379 e. The minimum Gasteiger partial charge on any atom is -0.379 e. The van der Waals surface area contributed by atoms with E-state index in [0.29, 0.717) is 24.6 Å². The second kappa shape index (κ2) is 7.76. The van der Waals surface area contributed by atoms with E-state index in [2.05, 4.69) is 5.32 Å². The van der Waals surface area contributed by atoms with Gasteiger partial charge in [0, 0.05) is 31.5 Å². The van der Waals surface area contributed by atoms with E-state index < -0.39 is 0 Å². The SMILES string of the molecule is COCc1ccc(C(=O)N[C@H]2CC(=O)N(Cc3cccc(F)c3)C2)s1. The van der Waals surface area contributed by atoms with Gasteiger partial charge in [0.15, 0.2) is 0 Å². The highest BCUT2D eigenvalue weighted by Crippen LogP contribution is 2.19. The zero-order valence-electron chi connectivity index (χ0n) is 13.8. The number of rotatable bonds is 6. The lowest BCUT2D eigenvalue weighted by Crippen LogP contribution is -2.36. The van der Waals surface area contributed by atoms with E-state index >= 15 is 0 Å². The fraction of sp³-hybridized carbons (Fsp3) is 0.333. The van der Waals surface area contributed by atoms with Crippen molar-refractivity contribution >= 4 is 23.2 Å². The van der Waals surface area contributed by atoms with Crippen molar-refractivity contribution in [3.05, 3.63) is 57.5 Å². The third-order valence-corrected chi connectivity index (χ3v) is 5.04. The van der Waals surface area contributed by atoms with Crippen molar-refractivity contribution in [2.24, 2.45) is 0 Å². The number of halogens is 1. The number of hydrogen-bond acceptors (Lipinski definition) is 4. The molecule has 3 rings (SSSR count). The molecule has 2 aromatic rings. The van der Waals surface area contributed by atoms with Crippen molar-refractivity contribution in [2.45, 2.75) is 25.6 Å². The van der Waals surface area contributed by atoms with Gasteiger partial charge in [0.25, 0.3) is 5.91 Å². The van der Waals surface area contributed by atoms with E-state index in [1.165, 1.54) is 23.5 Å². The number of ether oxygens (including phenoxy) is 1. The van der Waals surface area contributed by atoms with Gasteiger partial charge >= 0.3 is 0 Å². The summed E-state index contributed by atoms with van der Waals surface area (Å²) in [4.78, 5) is 27.7. The topological polar surface area (TPSA) is 58.6 Å². The van der Waals surface area contributed by atoms with Crippen LogP contribution in [0.4, 0.5) is 4.39 Å². The number of amides is 2. The monoisotopic (exact) mass is 362 g/mol. The molecule has 2 heterocycles. The average molecular weight is 362 g/mol. The summed E-state index contributed by atoms with van der Waals surface area (Å²) in [6.07, 6.45) is 0.261. The summed E-state index contributed by atoms with van der Waals surface area (Å²) >= 11 is 1.38. The number of likely N-dealkylation sites (tertiary alicyclic amines) is 1. The molecule has 1 aliphatic heterocycles. The van der Waals surface area contributed by atoms with Crippen LogP contribution in [0.3, 0.4) is 0 Å². The number of carbonyl (C=O) groups excluding carboxylic acids is 2. The number of hydrogen-bond donors (Lipinski definition) is 1. The third-order valence-electron chi connectivity index (χ3n) is 3.98. The molecule has 1 atom stereocenters. The van der Waals surface area contributed by atoms with Gasteiger partial charge in [-0.15, -0.1) is 11.3 Å². The number of nitrogens with zero attached hydrogens (tertiary/aromatic N) is 1. The summed E-state index contributed by atoms with van der Waals surface area (Å²) in [6, 6.07) is 9.58. The van der Waals surface area contributed by atoms with Gasteiger partial charge in [-0.1, -0.05) is 12.1 Å². The molecule has 1 fully saturated rings. The molecular formula is C18H19FN2O3S. The molecule has 7 heteroatoms. The van der Waals surface area contributed by atoms with E-state index in [1.807, 2.05) is 6.07 Å². The number of methoxy groups -OCH3 is 1. The molecule has 1 N–H and O–H groups in total. The molecule has 0 saturated carbocycles. The molecule has 1 aromatic heterocycles. The normalized spacial score (nSPS) is 17.1. The molecular weight excluding hydrogens is 343 g/mol. The molecule has 0 unspecified atom stereocenters. The molecule has 1 aliphatic rings. The first-order chi connectivity index (χ1) is 12.0. The maximum Gasteiger partial charge on any atom is 0.261 e. The smallest absolute Gasteiger partial charge is 0.261 e. The van der Waals surface area contributed by atoms with Crippen LogP contribution >= 0.6 is 11.3 Å². The van der Waals surface area contributed by atoms with Crippen LogP contribution in [-0.2, 0) is 22.7 Å². The van der Waals surface area contributed by atoms with Crippen LogP contribution in [0, 0.1) is 5.82 Å². The predicted octanol–water partition coefficient (Wildman–Crippen LogP) is 2.56. The second-order valence-electron chi connectivity index (χ2n) is 5.98. The Kier molecular flexibility index (Phi) is 5.45. The zero-order chi connectivity index (χ0) is 17.8. The highest BCUT2D eigenvalue weighted by atomic mass is 32.1. The van der Waals surface area contributed by atoms with Crippen LogP contribution in [-0.4, -0.2) is 36.4 Å². The first kappa shape index (κ1) is 17.6. The molecule has 0 aliphatic carbocycles. The van der Waals surface area contributed by atoms with Crippen LogP contribution in [0.2, 0.25) is 0 Å². The van der Waals surface area contributed by atoms with Crippen LogP contribution in [0.25, 0.3) is 0 Å². The highest BCUT2D eigenvalue weighted by molar-refractivity contribution is 7.14. The Bertz CT molecular complexity index is 777. The quantitative estimate of drug-likeness (QED) is 0.859. The van der Waals surface area contributed by atoms with E-state index in [0.717, 1.165) is 10.4 Å². The summed E-state index contributed by atoms with van der Waals surface area (Å²) in [5.74, 6) is -0.544. The van der Waals surface area contributed by atoms with Gasteiger partial charge in [-0.3, -0.25) is 9.59 Å². The predicted molar refractivity (Wildman–Crippen MR) is 92.7 cm³/mol. The van der Waals surface area contributed by atoms with Crippen molar-refractivity contribution in [1.29, 1.82) is 0 Å². The van der Waals surface area contributed by atoms with Gasteiger partial charge in [0.1, 0.15) is 5.82 Å². The molecule has 0 bridgehead atoms. The van der Waals surface area contributed by atoms with Crippen LogP contribution in [0.1, 0.15) is 26.5 Å². The molecule has 1 saturated heterocycles. The standard InChI is InChI=1S/C18H19FN2O3S/c1-24-11-15-5-6-16(25-15)18(23)20-14-8-17(22)21(10-14)9-12-3-2-4-13(19)7-12/h2-7,14H,8-11H2,1H3,(H,20,23)/t14-/m0/s1. The number of nitrogens with one attached hydrogen (secondary N) is 1. The second-order valence-corrected chi connectivity index (χ2v) is 7.15. The molecule has 25 heavy (non-hydrogen) atoms. The first-order valence-electron chi connectivity index (χ1n) is 7.96.